The predicted molar refractivity (Wildman–Crippen MR) is 147 cm³/mol. The maximum absolute atomic E-state index is 6.14. The Labute approximate surface area is 205 Å². The quantitative estimate of drug-likeness (QED) is 0.208. The van der Waals surface area contributed by atoms with Crippen molar-refractivity contribution in [2.24, 2.45) is 17.1 Å². The molecule has 0 saturated carbocycles. The number of rotatable bonds is 15. The molecule has 0 radical (unpaired) electrons. The Kier molecular flexibility index (Phi) is 10.2. The Balaban J connectivity index is 1.56. The van der Waals surface area contributed by atoms with Gasteiger partial charge in [0.1, 0.15) is 0 Å². The first kappa shape index (κ1) is 26.0. The van der Waals surface area contributed by atoms with Crippen LogP contribution in [-0.2, 0) is 6.54 Å². The van der Waals surface area contributed by atoms with E-state index in [0.29, 0.717) is 5.92 Å². The number of hydrogen-bond acceptors (Lipinski definition) is 5. The Morgan fingerprint density at radius 3 is 2.56 bits per heavy atom. The van der Waals surface area contributed by atoms with E-state index in [1.807, 2.05) is 19.4 Å². The van der Waals surface area contributed by atoms with Crippen LogP contribution in [0.3, 0.4) is 0 Å². The molecule has 3 rings (SSSR count). The third kappa shape index (κ3) is 6.71. The lowest BCUT2D eigenvalue weighted by Crippen LogP contribution is -2.34. The van der Waals surface area contributed by atoms with E-state index in [4.69, 9.17) is 5.73 Å². The highest BCUT2D eigenvalue weighted by Crippen LogP contribution is 2.41. The van der Waals surface area contributed by atoms with Crippen molar-refractivity contribution in [3.63, 3.8) is 0 Å². The van der Waals surface area contributed by atoms with E-state index in [1.165, 1.54) is 34.9 Å². The van der Waals surface area contributed by atoms with Crippen LogP contribution in [0.4, 0.5) is 11.4 Å². The molecule has 0 aliphatic rings. The van der Waals surface area contributed by atoms with Crippen LogP contribution >= 0.6 is 0 Å². The normalized spacial score (nSPS) is 14.0. The number of nitrogens with two attached hydrogens (primary N) is 1. The van der Waals surface area contributed by atoms with Gasteiger partial charge in [0.05, 0.1) is 11.4 Å². The van der Waals surface area contributed by atoms with Gasteiger partial charge in [-0.25, -0.2) is 0 Å². The summed E-state index contributed by atoms with van der Waals surface area (Å²) in [7, 11) is 1.97. The molecule has 0 amide bonds. The molecular weight excluding hydrogens is 418 g/mol. The zero-order chi connectivity index (χ0) is 24.2. The lowest BCUT2D eigenvalue weighted by atomic mass is 9.67. The van der Waals surface area contributed by atoms with Gasteiger partial charge < -0.3 is 21.7 Å². The third-order valence-electron chi connectivity index (χ3n) is 7.55. The first-order valence-electron chi connectivity index (χ1n) is 12.9. The van der Waals surface area contributed by atoms with Gasteiger partial charge in [-0.1, -0.05) is 50.6 Å². The summed E-state index contributed by atoms with van der Waals surface area (Å²) >= 11 is 0. The smallest absolute Gasteiger partial charge is 0.0575 e. The largest absolute Gasteiger partial charge is 0.386 e. The number of nitrogens with one attached hydrogen (secondary N) is 3. The molecule has 0 bridgehead atoms. The topological polar surface area (TPSA) is 75.0 Å². The second-order valence-electron chi connectivity index (χ2n) is 9.48. The summed E-state index contributed by atoms with van der Waals surface area (Å²) in [4.78, 5) is 4.25. The molecule has 0 aliphatic carbocycles. The van der Waals surface area contributed by atoms with Gasteiger partial charge in [0, 0.05) is 37.9 Å². The van der Waals surface area contributed by atoms with Gasteiger partial charge in [0.15, 0.2) is 0 Å². The summed E-state index contributed by atoms with van der Waals surface area (Å²) in [5.41, 5.74) is 10.1. The minimum atomic E-state index is 0.262. The van der Waals surface area contributed by atoms with Crippen molar-refractivity contribution >= 4 is 22.1 Å². The van der Waals surface area contributed by atoms with Crippen LogP contribution in [0.1, 0.15) is 51.5 Å². The maximum Gasteiger partial charge on any atom is 0.0575 e. The molecule has 34 heavy (non-hydrogen) atoms. The second kappa shape index (κ2) is 13.3. The predicted octanol–water partition coefficient (Wildman–Crippen LogP) is 6.03. The summed E-state index contributed by atoms with van der Waals surface area (Å²) in [5.74, 6) is 0.642. The first-order chi connectivity index (χ1) is 16.6. The number of para-hydroxylation sites is 2. The van der Waals surface area contributed by atoms with Gasteiger partial charge in [-0.3, -0.25) is 4.98 Å². The lowest BCUT2D eigenvalue weighted by Gasteiger charge is -2.40. The number of nitrogens with zero attached hydrogens (tertiary/aromatic N) is 1. The average molecular weight is 462 g/mol. The van der Waals surface area contributed by atoms with E-state index in [1.54, 1.807) is 0 Å². The van der Waals surface area contributed by atoms with Gasteiger partial charge in [0.25, 0.3) is 0 Å². The number of pyridine rings is 1. The Bertz CT molecular complexity index is 999. The second-order valence-corrected chi connectivity index (χ2v) is 9.48. The SMILES string of the molecule is CCC(C)C(CCN)(CCCNCc1cccc2cnccc12)CCNc1ccccc1NC. The summed E-state index contributed by atoms with van der Waals surface area (Å²) in [6, 6.07) is 17.0. The number of benzene rings is 2. The number of hydrogen-bond donors (Lipinski definition) is 4. The van der Waals surface area contributed by atoms with Crippen molar-refractivity contribution in [2.45, 2.75) is 52.5 Å². The molecule has 0 aliphatic heterocycles. The van der Waals surface area contributed by atoms with Crippen LogP contribution < -0.4 is 21.7 Å². The number of fused-ring (bicyclic) bond motifs is 1. The van der Waals surface area contributed by atoms with Gasteiger partial charge >= 0.3 is 0 Å². The average Bonchev–Trinajstić information content (AvgIpc) is 2.88. The Morgan fingerprint density at radius 2 is 1.79 bits per heavy atom. The number of aromatic nitrogens is 1. The van der Waals surface area contributed by atoms with E-state index in [9.17, 15) is 0 Å². The van der Waals surface area contributed by atoms with E-state index in [0.717, 1.165) is 51.1 Å². The highest BCUT2D eigenvalue weighted by atomic mass is 14.9. The molecule has 184 valence electrons. The number of anilines is 2. The minimum Gasteiger partial charge on any atom is -0.386 e. The molecule has 0 saturated heterocycles. The van der Waals surface area contributed by atoms with Gasteiger partial charge in [-0.05, 0) is 79.3 Å². The fraction of sp³-hybridized carbons (Fsp3) is 0.483. The fourth-order valence-corrected chi connectivity index (χ4v) is 5.27. The van der Waals surface area contributed by atoms with Gasteiger partial charge in [-0.2, -0.15) is 0 Å². The zero-order valence-corrected chi connectivity index (χ0v) is 21.2. The molecule has 2 atom stereocenters. The summed E-state index contributed by atoms with van der Waals surface area (Å²) in [6.07, 6.45) is 9.56. The molecular formula is C29H43N5. The lowest BCUT2D eigenvalue weighted by molar-refractivity contribution is 0.126. The molecule has 0 fully saturated rings. The van der Waals surface area contributed by atoms with Crippen molar-refractivity contribution < 1.29 is 0 Å². The molecule has 5 N–H and O–H groups in total. The molecule has 5 heteroatoms. The highest BCUT2D eigenvalue weighted by molar-refractivity contribution is 5.84. The zero-order valence-electron chi connectivity index (χ0n) is 21.2. The van der Waals surface area contributed by atoms with Crippen molar-refractivity contribution in [3.05, 3.63) is 66.5 Å². The molecule has 3 aromatic rings. The van der Waals surface area contributed by atoms with E-state index >= 15 is 0 Å². The van der Waals surface area contributed by atoms with Gasteiger partial charge in [-0.15, -0.1) is 0 Å². The van der Waals surface area contributed by atoms with Crippen LogP contribution in [0.5, 0.6) is 0 Å². The molecule has 2 aromatic carbocycles. The van der Waals surface area contributed by atoms with Crippen LogP contribution in [0.15, 0.2) is 60.9 Å². The highest BCUT2D eigenvalue weighted by Gasteiger charge is 2.33. The fourth-order valence-electron chi connectivity index (χ4n) is 5.27. The monoisotopic (exact) mass is 461 g/mol. The van der Waals surface area contributed by atoms with Crippen molar-refractivity contribution in [1.29, 1.82) is 0 Å². The Morgan fingerprint density at radius 1 is 0.971 bits per heavy atom. The van der Waals surface area contributed by atoms with E-state index < -0.39 is 0 Å². The van der Waals surface area contributed by atoms with Crippen molar-refractivity contribution in [3.8, 4) is 0 Å². The van der Waals surface area contributed by atoms with Gasteiger partial charge in [0.2, 0.25) is 0 Å². The molecule has 5 nitrogen and oxygen atoms in total. The van der Waals surface area contributed by atoms with E-state index in [2.05, 4.69) is 83.3 Å². The third-order valence-corrected chi connectivity index (χ3v) is 7.55. The Hall–Kier alpha value is -2.63. The van der Waals surface area contributed by atoms with Crippen LogP contribution in [0.2, 0.25) is 0 Å². The summed E-state index contributed by atoms with van der Waals surface area (Å²) < 4.78 is 0. The standard InChI is InChI=1S/C29H43N5/c1-4-23(2)29(15-17-30,16-20-34-28-12-6-5-11-27(28)31-3)14-8-18-32-21-24-9-7-10-25-22-33-19-13-26(24)25/h5-7,9-13,19,22-23,31-32,34H,4,8,14-18,20-21,30H2,1-3H3. The van der Waals surface area contributed by atoms with Crippen LogP contribution in [-0.4, -0.2) is 31.7 Å². The summed E-state index contributed by atoms with van der Waals surface area (Å²) in [5, 5.41) is 13.1. The van der Waals surface area contributed by atoms with E-state index in [-0.39, 0.29) is 5.41 Å². The minimum absolute atomic E-state index is 0.262. The van der Waals surface area contributed by atoms with Crippen molar-refractivity contribution in [2.75, 3.05) is 37.3 Å². The van der Waals surface area contributed by atoms with Crippen LogP contribution in [0, 0.1) is 11.3 Å². The molecule has 2 unspecified atom stereocenters. The summed E-state index contributed by atoms with van der Waals surface area (Å²) in [6.45, 7) is 8.33. The molecule has 0 spiro atoms. The molecule has 1 aromatic heterocycles. The first-order valence-corrected chi connectivity index (χ1v) is 12.9. The van der Waals surface area contributed by atoms with Crippen molar-refractivity contribution in [1.82, 2.24) is 10.3 Å². The molecule has 1 heterocycles. The van der Waals surface area contributed by atoms with Crippen LogP contribution in [0.25, 0.3) is 10.8 Å². The maximum atomic E-state index is 6.14.